The highest BCUT2D eigenvalue weighted by Crippen LogP contribution is 2.23. The normalized spacial score (nSPS) is 16.4. The van der Waals surface area contributed by atoms with Crippen molar-refractivity contribution < 1.29 is 4.74 Å². The van der Waals surface area contributed by atoms with Gasteiger partial charge in [-0.25, -0.2) is 0 Å². The molecule has 3 heteroatoms. The predicted molar refractivity (Wildman–Crippen MR) is 67.3 cm³/mol. The molecule has 1 N–H and O–H groups in total. The summed E-state index contributed by atoms with van der Waals surface area (Å²) in [7, 11) is 2.02. The van der Waals surface area contributed by atoms with Crippen LogP contribution >= 0.6 is 0 Å². The molecule has 0 radical (unpaired) electrons. The highest BCUT2D eigenvalue weighted by atomic mass is 16.5. The molecule has 0 atom stereocenters. The van der Waals surface area contributed by atoms with Gasteiger partial charge >= 0.3 is 0 Å². The Morgan fingerprint density at radius 2 is 1.88 bits per heavy atom. The van der Waals surface area contributed by atoms with Crippen LogP contribution in [-0.2, 0) is 0 Å². The van der Waals surface area contributed by atoms with Crippen molar-refractivity contribution in [2.45, 2.75) is 26.0 Å². The lowest BCUT2D eigenvalue weighted by Crippen LogP contribution is -2.57. The van der Waals surface area contributed by atoms with Gasteiger partial charge in [-0.2, -0.15) is 0 Å². The molecule has 0 amide bonds. The molecule has 2 rings (SSSR count). The van der Waals surface area contributed by atoms with E-state index in [2.05, 4.69) is 22.3 Å². The van der Waals surface area contributed by atoms with E-state index in [-0.39, 0.29) is 6.10 Å². The van der Waals surface area contributed by atoms with Crippen LogP contribution in [0.1, 0.15) is 13.8 Å². The third-order valence-electron chi connectivity index (χ3n) is 2.86. The molecular formula is C13H20N2O. The van der Waals surface area contributed by atoms with E-state index in [1.807, 2.05) is 33.0 Å². The number of ether oxygens (including phenoxy) is 1. The van der Waals surface area contributed by atoms with Crippen molar-refractivity contribution in [3.05, 3.63) is 24.3 Å². The molecule has 1 aromatic rings. The van der Waals surface area contributed by atoms with E-state index in [1.165, 1.54) is 5.69 Å². The first-order valence-corrected chi connectivity index (χ1v) is 5.88. The Bertz CT molecular complexity index is 328. The summed E-state index contributed by atoms with van der Waals surface area (Å²) < 4.78 is 5.61. The van der Waals surface area contributed by atoms with Crippen molar-refractivity contribution in [1.29, 1.82) is 0 Å². The quantitative estimate of drug-likeness (QED) is 0.838. The Kier molecular flexibility index (Phi) is 3.34. The summed E-state index contributed by atoms with van der Waals surface area (Å²) in [5.41, 5.74) is 1.28. The van der Waals surface area contributed by atoms with E-state index in [9.17, 15) is 0 Å². The van der Waals surface area contributed by atoms with E-state index in [0.717, 1.165) is 18.8 Å². The summed E-state index contributed by atoms with van der Waals surface area (Å²) in [5, 5.41) is 3.27. The van der Waals surface area contributed by atoms with Crippen molar-refractivity contribution in [2.24, 2.45) is 0 Å². The molecule has 1 fully saturated rings. The maximum Gasteiger partial charge on any atom is 0.119 e. The van der Waals surface area contributed by atoms with E-state index >= 15 is 0 Å². The maximum atomic E-state index is 5.61. The summed E-state index contributed by atoms with van der Waals surface area (Å²) in [6.07, 6.45) is 0.239. The second-order valence-electron chi connectivity index (χ2n) is 4.55. The molecule has 1 heterocycles. The number of anilines is 1. The lowest BCUT2D eigenvalue weighted by atomic mass is 10.1. The van der Waals surface area contributed by atoms with Crippen molar-refractivity contribution in [2.75, 3.05) is 25.0 Å². The fourth-order valence-electron chi connectivity index (χ4n) is 1.88. The van der Waals surface area contributed by atoms with Gasteiger partial charge in [-0.3, -0.25) is 0 Å². The van der Waals surface area contributed by atoms with Gasteiger partial charge in [0.25, 0.3) is 0 Å². The summed E-state index contributed by atoms with van der Waals surface area (Å²) >= 11 is 0. The van der Waals surface area contributed by atoms with Gasteiger partial charge in [0.2, 0.25) is 0 Å². The van der Waals surface area contributed by atoms with Gasteiger partial charge in [0.1, 0.15) is 5.75 Å². The van der Waals surface area contributed by atoms with Crippen molar-refractivity contribution in [1.82, 2.24) is 5.32 Å². The Labute approximate surface area is 97.4 Å². The summed E-state index contributed by atoms with van der Waals surface area (Å²) in [4.78, 5) is 2.36. The largest absolute Gasteiger partial charge is 0.491 e. The number of hydrogen-bond acceptors (Lipinski definition) is 3. The lowest BCUT2D eigenvalue weighted by molar-refractivity contribution is 0.242. The molecular weight excluding hydrogens is 200 g/mol. The molecule has 0 aliphatic carbocycles. The first-order chi connectivity index (χ1) is 7.69. The van der Waals surface area contributed by atoms with Gasteiger partial charge in [0.05, 0.1) is 6.10 Å². The Hall–Kier alpha value is -1.22. The molecule has 88 valence electrons. The molecule has 1 aliphatic rings. The second-order valence-corrected chi connectivity index (χ2v) is 4.55. The smallest absolute Gasteiger partial charge is 0.119 e. The van der Waals surface area contributed by atoms with Crippen LogP contribution in [0.25, 0.3) is 0 Å². The number of rotatable bonds is 4. The predicted octanol–water partition coefficient (Wildman–Crippen LogP) is 1.88. The van der Waals surface area contributed by atoms with E-state index in [4.69, 9.17) is 4.74 Å². The molecule has 0 aromatic heterocycles. The van der Waals surface area contributed by atoms with Gasteiger partial charge in [0.15, 0.2) is 0 Å². The van der Waals surface area contributed by atoms with Crippen LogP contribution in [0, 0.1) is 0 Å². The molecule has 16 heavy (non-hydrogen) atoms. The molecule has 3 nitrogen and oxygen atoms in total. The minimum absolute atomic E-state index is 0.239. The molecule has 1 saturated heterocycles. The average Bonchev–Trinajstić information content (AvgIpc) is 2.18. The van der Waals surface area contributed by atoms with Crippen molar-refractivity contribution in [3.8, 4) is 5.75 Å². The van der Waals surface area contributed by atoms with Crippen LogP contribution in [0.5, 0.6) is 5.75 Å². The maximum absolute atomic E-state index is 5.61. The number of nitrogens with one attached hydrogen (secondary N) is 1. The molecule has 0 spiro atoms. The van der Waals surface area contributed by atoms with Crippen molar-refractivity contribution >= 4 is 5.69 Å². The van der Waals surface area contributed by atoms with Crippen LogP contribution in [0.2, 0.25) is 0 Å². The fraction of sp³-hybridized carbons (Fsp3) is 0.538. The van der Waals surface area contributed by atoms with Gasteiger partial charge < -0.3 is 15.0 Å². The highest BCUT2D eigenvalue weighted by Gasteiger charge is 2.24. The second kappa shape index (κ2) is 4.74. The molecule has 0 unspecified atom stereocenters. The fourth-order valence-corrected chi connectivity index (χ4v) is 1.88. The number of hydrogen-bond donors (Lipinski definition) is 1. The van der Waals surface area contributed by atoms with Crippen molar-refractivity contribution in [3.63, 3.8) is 0 Å². The molecule has 0 saturated carbocycles. The Morgan fingerprint density at radius 1 is 1.25 bits per heavy atom. The van der Waals surface area contributed by atoms with Crippen LogP contribution in [0.15, 0.2) is 24.3 Å². The SMILES string of the molecule is CNC1CN(c2ccc(OC(C)C)cc2)C1. The summed E-state index contributed by atoms with van der Waals surface area (Å²) in [6, 6.07) is 8.99. The van der Waals surface area contributed by atoms with Gasteiger partial charge in [-0.15, -0.1) is 0 Å². The van der Waals surface area contributed by atoms with Crippen LogP contribution in [0.3, 0.4) is 0 Å². The van der Waals surface area contributed by atoms with Crippen LogP contribution < -0.4 is 15.0 Å². The lowest BCUT2D eigenvalue weighted by Gasteiger charge is -2.40. The monoisotopic (exact) mass is 220 g/mol. The first-order valence-electron chi connectivity index (χ1n) is 5.88. The van der Waals surface area contributed by atoms with Gasteiger partial charge in [-0.05, 0) is 45.2 Å². The van der Waals surface area contributed by atoms with Crippen LogP contribution in [-0.4, -0.2) is 32.3 Å². The van der Waals surface area contributed by atoms with E-state index in [0.29, 0.717) is 6.04 Å². The Morgan fingerprint density at radius 3 is 2.38 bits per heavy atom. The first kappa shape index (κ1) is 11.3. The average molecular weight is 220 g/mol. The van der Waals surface area contributed by atoms with Gasteiger partial charge in [-0.1, -0.05) is 0 Å². The number of likely N-dealkylation sites (N-methyl/N-ethyl adjacent to an activating group) is 1. The topological polar surface area (TPSA) is 24.5 Å². The third-order valence-corrected chi connectivity index (χ3v) is 2.86. The number of benzene rings is 1. The summed E-state index contributed by atoms with van der Waals surface area (Å²) in [6.45, 7) is 6.28. The van der Waals surface area contributed by atoms with Crippen LogP contribution in [0.4, 0.5) is 5.69 Å². The minimum Gasteiger partial charge on any atom is -0.491 e. The number of nitrogens with zero attached hydrogens (tertiary/aromatic N) is 1. The van der Waals surface area contributed by atoms with E-state index in [1.54, 1.807) is 0 Å². The molecule has 1 aliphatic heterocycles. The molecule has 1 aromatic carbocycles. The standard InChI is InChI=1S/C13H20N2O/c1-10(2)16-13-6-4-12(5-7-13)15-8-11(9-15)14-3/h4-7,10-11,14H,8-9H2,1-3H3. The highest BCUT2D eigenvalue weighted by molar-refractivity contribution is 5.51. The summed E-state index contributed by atoms with van der Waals surface area (Å²) in [5.74, 6) is 0.949. The zero-order valence-electron chi connectivity index (χ0n) is 10.2. The zero-order valence-corrected chi connectivity index (χ0v) is 10.2. The Balaban J connectivity index is 1.93. The zero-order chi connectivity index (χ0) is 11.5. The molecule has 0 bridgehead atoms. The third kappa shape index (κ3) is 2.47. The van der Waals surface area contributed by atoms with Gasteiger partial charge in [0, 0.05) is 24.8 Å². The minimum atomic E-state index is 0.239. The van der Waals surface area contributed by atoms with E-state index < -0.39 is 0 Å².